The second-order valence-electron chi connectivity index (χ2n) is 3.69. The summed E-state index contributed by atoms with van der Waals surface area (Å²) in [5.41, 5.74) is 4.20. The molecule has 2 rings (SSSR count). The lowest BCUT2D eigenvalue weighted by molar-refractivity contribution is -0.135. The van der Waals surface area contributed by atoms with Crippen molar-refractivity contribution in [1.82, 2.24) is 5.43 Å². The quantitative estimate of drug-likeness (QED) is 0.837. The standard InChI is InChI=1S/C12H13ClN2O2/c1-2-17-12(16)11-10(7-14-15-11)8-4-3-5-9(13)6-8/h3-6,10,14H,2,7H2,1H3/t10-/m1/s1. The van der Waals surface area contributed by atoms with Gasteiger partial charge in [0, 0.05) is 11.6 Å². The number of nitrogens with zero attached hydrogens (tertiary/aromatic N) is 1. The maximum atomic E-state index is 11.7. The van der Waals surface area contributed by atoms with Gasteiger partial charge in [-0.15, -0.1) is 0 Å². The van der Waals surface area contributed by atoms with Gasteiger partial charge in [0.2, 0.25) is 0 Å². The lowest BCUT2D eigenvalue weighted by atomic mass is 9.95. The predicted octanol–water partition coefficient (Wildman–Crippen LogP) is 1.95. The van der Waals surface area contributed by atoms with E-state index in [-0.39, 0.29) is 11.9 Å². The number of hydrogen-bond donors (Lipinski definition) is 1. The van der Waals surface area contributed by atoms with Gasteiger partial charge in [0.15, 0.2) is 5.71 Å². The van der Waals surface area contributed by atoms with E-state index in [0.717, 1.165) is 5.56 Å². The highest BCUT2D eigenvalue weighted by Crippen LogP contribution is 2.23. The van der Waals surface area contributed by atoms with Crippen LogP contribution in [0, 0.1) is 0 Å². The fraction of sp³-hybridized carbons (Fsp3) is 0.333. The second kappa shape index (κ2) is 5.19. The first-order valence-corrected chi connectivity index (χ1v) is 5.83. The van der Waals surface area contributed by atoms with E-state index >= 15 is 0 Å². The Labute approximate surface area is 105 Å². The normalized spacial score (nSPS) is 18.5. The summed E-state index contributed by atoms with van der Waals surface area (Å²) in [5.74, 6) is -0.463. The van der Waals surface area contributed by atoms with E-state index in [1.807, 2.05) is 18.2 Å². The van der Waals surface area contributed by atoms with Crippen LogP contribution in [0.2, 0.25) is 5.02 Å². The SMILES string of the molecule is CCOC(=O)C1=NNC[C@@H]1c1cccc(Cl)c1. The molecule has 1 heterocycles. The fourth-order valence-electron chi connectivity index (χ4n) is 1.79. The summed E-state index contributed by atoms with van der Waals surface area (Å²) in [6, 6.07) is 7.43. The highest BCUT2D eigenvalue weighted by molar-refractivity contribution is 6.39. The minimum Gasteiger partial charge on any atom is -0.461 e. The van der Waals surface area contributed by atoms with Crippen molar-refractivity contribution in [3.05, 3.63) is 34.9 Å². The molecule has 0 spiro atoms. The Morgan fingerprint density at radius 2 is 2.47 bits per heavy atom. The number of halogens is 1. The van der Waals surface area contributed by atoms with E-state index in [9.17, 15) is 4.79 Å². The number of ether oxygens (including phenoxy) is 1. The number of nitrogens with one attached hydrogen (secondary N) is 1. The van der Waals surface area contributed by atoms with E-state index in [0.29, 0.717) is 23.9 Å². The van der Waals surface area contributed by atoms with Crippen LogP contribution in [0.3, 0.4) is 0 Å². The molecular formula is C12H13ClN2O2. The minimum atomic E-state index is -0.373. The van der Waals surface area contributed by atoms with Crippen molar-refractivity contribution in [3.63, 3.8) is 0 Å². The maximum Gasteiger partial charge on any atom is 0.355 e. The van der Waals surface area contributed by atoms with Crippen molar-refractivity contribution >= 4 is 23.3 Å². The van der Waals surface area contributed by atoms with Gasteiger partial charge in [-0.2, -0.15) is 5.10 Å². The van der Waals surface area contributed by atoms with Crippen LogP contribution in [0.4, 0.5) is 0 Å². The molecule has 0 amide bonds. The van der Waals surface area contributed by atoms with Crippen LogP contribution in [-0.2, 0) is 9.53 Å². The summed E-state index contributed by atoms with van der Waals surface area (Å²) in [6.45, 7) is 2.71. The Kier molecular flexibility index (Phi) is 3.64. The van der Waals surface area contributed by atoms with Gasteiger partial charge in [0.25, 0.3) is 0 Å². The van der Waals surface area contributed by atoms with Gasteiger partial charge >= 0.3 is 5.97 Å². The number of benzene rings is 1. The summed E-state index contributed by atoms with van der Waals surface area (Å²) in [4.78, 5) is 11.7. The summed E-state index contributed by atoms with van der Waals surface area (Å²) < 4.78 is 4.97. The third-order valence-corrected chi connectivity index (χ3v) is 2.80. The van der Waals surface area contributed by atoms with Gasteiger partial charge in [-0.3, -0.25) is 0 Å². The third-order valence-electron chi connectivity index (χ3n) is 2.56. The molecule has 1 aromatic carbocycles. The van der Waals surface area contributed by atoms with Gasteiger partial charge in [0.05, 0.1) is 12.5 Å². The Bertz CT molecular complexity index is 460. The molecule has 0 aromatic heterocycles. The summed E-state index contributed by atoms with van der Waals surface area (Å²) in [7, 11) is 0. The van der Waals surface area contributed by atoms with Gasteiger partial charge in [-0.1, -0.05) is 23.7 Å². The van der Waals surface area contributed by atoms with Crippen molar-refractivity contribution in [2.24, 2.45) is 5.10 Å². The molecule has 0 bridgehead atoms. The molecule has 90 valence electrons. The lowest BCUT2D eigenvalue weighted by Crippen LogP contribution is -2.23. The van der Waals surface area contributed by atoms with Gasteiger partial charge < -0.3 is 10.2 Å². The van der Waals surface area contributed by atoms with Crippen molar-refractivity contribution in [3.8, 4) is 0 Å². The molecule has 0 unspecified atom stereocenters. The Morgan fingerprint density at radius 1 is 1.65 bits per heavy atom. The molecule has 0 radical (unpaired) electrons. The molecular weight excluding hydrogens is 240 g/mol. The van der Waals surface area contributed by atoms with Crippen molar-refractivity contribution < 1.29 is 9.53 Å². The van der Waals surface area contributed by atoms with Gasteiger partial charge in [-0.25, -0.2) is 4.79 Å². The molecule has 0 saturated heterocycles. The number of hydrazone groups is 1. The number of carbonyl (C=O) groups excluding carboxylic acids is 1. The monoisotopic (exact) mass is 252 g/mol. The van der Waals surface area contributed by atoms with Crippen LogP contribution in [0.15, 0.2) is 29.4 Å². The zero-order chi connectivity index (χ0) is 12.3. The summed E-state index contributed by atoms with van der Waals surface area (Å²) in [6.07, 6.45) is 0. The van der Waals surface area contributed by atoms with E-state index in [4.69, 9.17) is 16.3 Å². The molecule has 1 N–H and O–H groups in total. The minimum absolute atomic E-state index is 0.0900. The highest BCUT2D eigenvalue weighted by atomic mass is 35.5. The Hall–Kier alpha value is -1.55. The molecule has 1 atom stereocenters. The molecule has 1 aliphatic rings. The van der Waals surface area contributed by atoms with Gasteiger partial charge in [0.1, 0.15) is 0 Å². The fourth-order valence-corrected chi connectivity index (χ4v) is 1.99. The number of esters is 1. The van der Waals surface area contributed by atoms with Gasteiger partial charge in [-0.05, 0) is 24.6 Å². The summed E-state index contributed by atoms with van der Waals surface area (Å²) in [5, 5.41) is 4.64. The topological polar surface area (TPSA) is 50.7 Å². The Morgan fingerprint density at radius 3 is 3.18 bits per heavy atom. The van der Waals surface area contributed by atoms with Crippen LogP contribution in [0.5, 0.6) is 0 Å². The summed E-state index contributed by atoms with van der Waals surface area (Å²) >= 11 is 5.94. The molecule has 4 nitrogen and oxygen atoms in total. The van der Waals surface area contributed by atoms with Crippen LogP contribution in [0.25, 0.3) is 0 Å². The lowest BCUT2D eigenvalue weighted by Gasteiger charge is -2.11. The first-order chi connectivity index (χ1) is 8.22. The van der Waals surface area contributed by atoms with Crippen LogP contribution >= 0.6 is 11.6 Å². The molecule has 17 heavy (non-hydrogen) atoms. The first kappa shape index (κ1) is 11.9. The van der Waals surface area contributed by atoms with E-state index in [2.05, 4.69) is 10.5 Å². The number of hydrogen-bond acceptors (Lipinski definition) is 4. The smallest absolute Gasteiger partial charge is 0.355 e. The average molecular weight is 253 g/mol. The number of rotatable bonds is 3. The van der Waals surface area contributed by atoms with Crippen molar-refractivity contribution in [2.75, 3.05) is 13.2 Å². The number of carbonyl (C=O) groups is 1. The second-order valence-corrected chi connectivity index (χ2v) is 4.12. The van der Waals surface area contributed by atoms with E-state index < -0.39 is 0 Å². The van der Waals surface area contributed by atoms with Crippen LogP contribution < -0.4 is 5.43 Å². The Balaban J connectivity index is 2.22. The van der Waals surface area contributed by atoms with Crippen LogP contribution in [-0.4, -0.2) is 24.8 Å². The molecule has 0 fully saturated rings. The first-order valence-electron chi connectivity index (χ1n) is 5.45. The van der Waals surface area contributed by atoms with Crippen molar-refractivity contribution in [1.29, 1.82) is 0 Å². The average Bonchev–Trinajstić information content (AvgIpc) is 2.78. The molecule has 1 aromatic rings. The molecule has 0 aliphatic carbocycles. The molecule has 0 saturated carbocycles. The van der Waals surface area contributed by atoms with E-state index in [1.165, 1.54) is 0 Å². The molecule has 5 heteroatoms. The largest absolute Gasteiger partial charge is 0.461 e. The highest BCUT2D eigenvalue weighted by Gasteiger charge is 2.29. The van der Waals surface area contributed by atoms with Crippen LogP contribution in [0.1, 0.15) is 18.4 Å². The third kappa shape index (κ3) is 2.58. The zero-order valence-corrected chi connectivity index (χ0v) is 10.2. The van der Waals surface area contributed by atoms with Crippen molar-refractivity contribution in [2.45, 2.75) is 12.8 Å². The zero-order valence-electron chi connectivity index (χ0n) is 9.44. The van der Waals surface area contributed by atoms with E-state index in [1.54, 1.807) is 13.0 Å². The molecule has 1 aliphatic heterocycles. The predicted molar refractivity (Wildman–Crippen MR) is 66.3 cm³/mol. The maximum absolute atomic E-state index is 11.7.